The topological polar surface area (TPSA) is 127 Å². The number of carboxylic acid groups (broad SMARTS) is 1. The van der Waals surface area contributed by atoms with E-state index in [1.165, 1.54) is 6.07 Å². The van der Waals surface area contributed by atoms with Crippen molar-refractivity contribution in [3.05, 3.63) is 71.3 Å². The number of azo groups is 2. The molecular formula is C24H24N4O4. The number of phenolic OH excluding ortho intramolecular Hbond substituents is 1. The Morgan fingerprint density at radius 3 is 2.09 bits per heavy atom. The van der Waals surface area contributed by atoms with Crippen molar-refractivity contribution in [1.29, 1.82) is 0 Å². The zero-order valence-corrected chi connectivity index (χ0v) is 17.9. The van der Waals surface area contributed by atoms with Gasteiger partial charge in [-0.1, -0.05) is 19.4 Å². The van der Waals surface area contributed by atoms with Gasteiger partial charge in [-0.05, 0) is 79.4 Å². The van der Waals surface area contributed by atoms with Gasteiger partial charge in [-0.25, -0.2) is 4.79 Å². The lowest BCUT2D eigenvalue weighted by atomic mass is 10.1. The van der Waals surface area contributed by atoms with E-state index in [1.54, 1.807) is 43.3 Å². The number of aromatic hydroxyl groups is 2. The summed E-state index contributed by atoms with van der Waals surface area (Å²) >= 11 is 0. The number of carbonyl (C=O) groups is 1. The molecule has 0 aliphatic carbocycles. The van der Waals surface area contributed by atoms with Gasteiger partial charge >= 0.3 is 5.97 Å². The smallest absolute Gasteiger partial charge is 0.339 e. The Balaban J connectivity index is 1.73. The number of hydrogen-bond donors (Lipinski definition) is 3. The summed E-state index contributed by atoms with van der Waals surface area (Å²) in [6.45, 7) is 3.72. The van der Waals surface area contributed by atoms with Gasteiger partial charge in [0.2, 0.25) is 0 Å². The number of nitrogens with zero attached hydrogens (tertiary/aromatic N) is 4. The predicted octanol–water partition coefficient (Wildman–Crippen LogP) is 7.28. The Bertz CT molecular complexity index is 1170. The lowest BCUT2D eigenvalue weighted by Gasteiger charge is -2.04. The van der Waals surface area contributed by atoms with Crippen LogP contribution >= 0.6 is 0 Å². The molecule has 32 heavy (non-hydrogen) atoms. The molecule has 3 N–H and O–H groups in total. The quantitative estimate of drug-likeness (QED) is 0.323. The first-order valence-electron chi connectivity index (χ1n) is 10.2. The molecule has 3 aromatic carbocycles. The fraction of sp³-hybridized carbons (Fsp3) is 0.208. The van der Waals surface area contributed by atoms with Crippen LogP contribution in [-0.4, -0.2) is 21.3 Å². The van der Waals surface area contributed by atoms with Crippen LogP contribution in [0.1, 0.15) is 41.3 Å². The monoisotopic (exact) mass is 432 g/mol. The minimum Gasteiger partial charge on any atom is -0.507 e. The molecule has 0 spiro atoms. The predicted molar refractivity (Wildman–Crippen MR) is 121 cm³/mol. The Labute approximate surface area is 185 Å². The minimum atomic E-state index is -1.24. The highest BCUT2D eigenvalue weighted by molar-refractivity contribution is 5.92. The average molecular weight is 432 g/mol. The van der Waals surface area contributed by atoms with Crippen LogP contribution in [0.15, 0.2) is 75.1 Å². The third kappa shape index (κ3) is 5.75. The van der Waals surface area contributed by atoms with Crippen LogP contribution in [0.25, 0.3) is 0 Å². The number of phenols is 2. The molecular weight excluding hydrogens is 408 g/mol. The van der Waals surface area contributed by atoms with E-state index in [2.05, 4.69) is 27.4 Å². The summed E-state index contributed by atoms with van der Waals surface area (Å²) in [7, 11) is 0. The molecule has 0 fully saturated rings. The van der Waals surface area contributed by atoms with Gasteiger partial charge in [-0.3, -0.25) is 0 Å². The normalized spacial score (nSPS) is 11.4. The molecule has 0 bridgehead atoms. The van der Waals surface area contributed by atoms with Crippen molar-refractivity contribution in [2.24, 2.45) is 20.5 Å². The summed E-state index contributed by atoms with van der Waals surface area (Å²) < 4.78 is 0. The SMILES string of the molecule is CCCCc1ccc(O)c(N=Nc2ccc(N=Nc3cc(C)c(O)c(C(=O)O)c3)cc2)c1. The first-order chi connectivity index (χ1) is 15.4. The molecule has 0 amide bonds. The lowest BCUT2D eigenvalue weighted by molar-refractivity contribution is 0.0693. The third-order valence-corrected chi connectivity index (χ3v) is 4.78. The molecule has 0 heterocycles. The summed E-state index contributed by atoms with van der Waals surface area (Å²) in [5.41, 5.74) is 3.13. The van der Waals surface area contributed by atoms with Crippen LogP contribution in [0, 0.1) is 6.92 Å². The van der Waals surface area contributed by atoms with E-state index in [4.69, 9.17) is 5.11 Å². The number of aromatic carboxylic acids is 1. The van der Waals surface area contributed by atoms with Crippen LogP contribution in [0.5, 0.6) is 11.5 Å². The maximum Gasteiger partial charge on any atom is 0.339 e. The largest absolute Gasteiger partial charge is 0.507 e. The number of rotatable bonds is 8. The summed E-state index contributed by atoms with van der Waals surface area (Å²) in [5.74, 6) is -1.45. The van der Waals surface area contributed by atoms with E-state index in [0.29, 0.717) is 28.3 Å². The van der Waals surface area contributed by atoms with Crippen molar-refractivity contribution in [1.82, 2.24) is 0 Å². The number of benzene rings is 3. The molecule has 0 aliphatic heterocycles. The highest BCUT2D eigenvalue weighted by atomic mass is 16.4. The van der Waals surface area contributed by atoms with Crippen molar-refractivity contribution < 1.29 is 20.1 Å². The van der Waals surface area contributed by atoms with Crippen molar-refractivity contribution in [3.8, 4) is 11.5 Å². The fourth-order valence-corrected chi connectivity index (χ4v) is 2.98. The maximum atomic E-state index is 11.2. The van der Waals surface area contributed by atoms with Crippen LogP contribution in [-0.2, 0) is 6.42 Å². The van der Waals surface area contributed by atoms with Crippen LogP contribution in [0.3, 0.4) is 0 Å². The second-order valence-corrected chi connectivity index (χ2v) is 7.31. The Hall–Kier alpha value is -4.07. The second-order valence-electron chi connectivity index (χ2n) is 7.31. The molecule has 0 saturated carbocycles. The Kier molecular flexibility index (Phi) is 7.28. The van der Waals surface area contributed by atoms with Crippen LogP contribution in [0.2, 0.25) is 0 Å². The molecule has 0 aliphatic rings. The number of unbranched alkanes of at least 4 members (excludes halogenated alkanes) is 1. The van der Waals surface area contributed by atoms with Gasteiger partial charge in [0.15, 0.2) is 0 Å². The van der Waals surface area contributed by atoms with E-state index in [1.807, 2.05) is 12.1 Å². The number of carboxylic acids is 1. The number of hydrogen-bond acceptors (Lipinski definition) is 7. The number of aryl methyl sites for hydroxylation is 2. The van der Waals surface area contributed by atoms with E-state index >= 15 is 0 Å². The molecule has 0 unspecified atom stereocenters. The van der Waals surface area contributed by atoms with Crippen molar-refractivity contribution in [2.45, 2.75) is 33.1 Å². The first kappa shape index (κ1) is 22.6. The van der Waals surface area contributed by atoms with Crippen molar-refractivity contribution in [2.75, 3.05) is 0 Å². The van der Waals surface area contributed by atoms with Crippen LogP contribution in [0.4, 0.5) is 22.7 Å². The van der Waals surface area contributed by atoms with E-state index in [0.717, 1.165) is 24.8 Å². The summed E-state index contributed by atoms with van der Waals surface area (Å²) in [4.78, 5) is 11.2. The molecule has 0 radical (unpaired) electrons. The van der Waals surface area contributed by atoms with Gasteiger partial charge < -0.3 is 15.3 Å². The maximum absolute atomic E-state index is 11.2. The molecule has 164 valence electrons. The molecule has 0 aromatic heterocycles. The summed E-state index contributed by atoms with van der Waals surface area (Å²) in [5, 5.41) is 45.5. The van der Waals surface area contributed by atoms with Gasteiger partial charge in [-0.2, -0.15) is 15.3 Å². The third-order valence-electron chi connectivity index (χ3n) is 4.78. The van der Waals surface area contributed by atoms with Crippen molar-refractivity contribution in [3.63, 3.8) is 0 Å². The van der Waals surface area contributed by atoms with Gasteiger partial charge in [0.1, 0.15) is 22.7 Å². The first-order valence-corrected chi connectivity index (χ1v) is 10.2. The molecule has 3 rings (SSSR count). The summed E-state index contributed by atoms with van der Waals surface area (Å²) in [6.07, 6.45) is 3.08. The van der Waals surface area contributed by atoms with Gasteiger partial charge in [0.25, 0.3) is 0 Å². The van der Waals surface area contributed by atoms with Gasteiger partial charge in [-0.15, -0.1) is 5.11 Å². The molecule has 8 nitrogen and oxygen atoms in total. The Morgan fingerprint density at radius 2 is 1.47 bits per heavy atom. The molecule has 3 aromatic rings. The zero-order valence-electron chi connectivity index (χ0n) is 17.9. The average Bonchev–Trinajstić information content (AvgIpc) is 2.78. The van der Waals surface area contributed by atoms with Gasteiger partial charge in [0, 0.05) is 0 Å². The zero-order chi connectivity index (χ0) is 23.1. The minimum absolute atomic E-state index is 0.0735. The summed E-state index contributed by atoms with van der Waals surface area (Å²) in [6, 6.07) is 15.0. The van der Waals surface area contributed by atoms with E-state index < -0.39 is 5.97 Å². The molecule has 8 heteroatoms. The van der Waals surface area contributed by atoms with E-state index in [9.17, 15) is 15.0 Å². The standard InChI is InChI=1S/C24H24N4O4/c1-3-4-5-16-6-11-22(29)21(13-16)28-26-18-9-7-17(8-10-18)25-27-19-12-15(2)23(30)20(14-19)24(31)32/h6-14,29-30H,3-5H2,1-2H3,(H,31,32). The second kappa shape index (κ2) is 10.3. The van der Waals surface area contributed by atoms with Crippen molar-refractivity contribution >= 4 is 28.7 Å². The van der Waals surface area contributed by atoms with Gasteiger partial charge in [0.05, 0.1) is 17.1 Å². The molecule has 0 saturated heterocycles. The highest BCUT2D eigenvalue weighted by Gasteiger charge is 2.13. The highest BCUT2D eigenvalue weighted by Crippen LogP contribution is 2.31. The fourth-order valence-electron chi connectivity index (χ4n) is 2.98. The van der Waals surface area contributed by atoms with Crippen LogP contribution < -0.4 is 0 Å². The van der Waals surface area contributed by atoms with E-state index in [-0.39, 0.29) is 17.1 Å². The molecule has 0 atom stereocenters. The lowest BCUT2D eigenvalue weighted by Crippen LogP contribution is -1.97. The Morgan fingerprint density at radius 1 is 0.844 bits per heavy atom.